The quantitative estimate of drug-likeness (QED) is 0.649. The zero-order chi connectivity index (χ0) is 11.7. The summed E-state index contributed by atoms with van der Waals surface area (Å²) in [4.78, 5) is 13.7. The molecule has 4 heteroatoms. The first-order valence-corrected chi connectivity index (χ1v) is 6.25. The van der Waals surface area contributed by atoms with Gasteiger partial charge in [-0.25, -0.2) is 0 Å². The van der Waals surface area contributed by atoms with E-state index in [1.807, 2.05) is 6.92 Å². The van der Waals surface area contributed by atoms with Crippen LogP contribution < -0.4 is 5.32 Å². The number of halogens is 1. The van der Waals surface area contributed by atoms with E-state index in [4.69, 9.17) is 11.6 Å². The molecule has 0 aliphatic rings. The lowest BCUT2D eigenvalue weighted by molar-refractivity contribution is -0.123. The fourth-order valence-corrected chi connectivity index (χ4v) is 1.47. The van der Waals surface area contributed by atoms with Crippen molar-refractivity contribution in [1.82, 2.24) is 10.2 Å². The topological polar surface area (TPSA) is 32.3 Å². The normalized spacial score (nSPS) is 12.9. The molecule has 0 aromatic heterocycles. The van der Waals surface area contributed by atoms with Crippen molar-refractivity contribution in [2.75, 3.05) is 32.1 Å². The highest BCUT2D eigenvalue weighted by molar-refractivity contribution is 6.19. The Balaban J connectivity index is 3.63. The van der Waals surface area contributed by atoms with Crippen LogP contribution in [-0.2, 0) is 4.79 Å². The summed E-state index contributed by atoms with van der Waals surface area (Å²) in [6.07, 6.45) is 1.15. The molecule has 1 N–H and O–H groups in total. The second-order valence-corrected chi connectivity index (χ2v) is 4.09. The summed E-state index contributed by atoms with van der Waals surface area (Å²) in [5.41, 5.74) is 0. The number of hydrogen-bond acceptors (Lipinski definition) is 2. The minimum atomic E-state index is -0.0899. The smallest absolute Gasteiger partial charge is 0.224 e. The standard InChI is InChI=1S/C11H23ClN2O/c1-4-7-14(5-2)8-6-13-11(15)10(3)9-12/h10H,4-9H2,1-3H3,(H,13,15). The Morgan fingerprint density at radius 3 is 2.53 bits per heavy atom. The molecular weight excluding hydrogens is 212 g/mol. The van der Waals surface area contributed by atoms with E-state index < -0.39 is 0 Å². The molecule has 0 bridgehead atoms. The summed E-state index contributed by atoms with van der Waals surface area (Å²) in [5, 5.41) is 2.89. The van der Waals surface area contributed by atoms with Gasteiger partial charge < -0.3 is 10.2 Å². The molecule has 0 aromatic rings. The molecule has 1 unspecified atom stereocenters. The molecule has 1 amide bonds. The molecule has 0 aliphatic heterocycles. The van der Waals surface area contributed by atoms with Crippen LogP contribution in [-0.4, -0.2) is 42.9 Å². The molecule has 0 aromatic carbocycles. The number of carbonyl (C=O) groups is 1. The van der Waals surface area contributed by atoms with E-state index in [2.05, 4.69) is 24.1 Å². The maximum Gasteiger partial charge on any atom is 0.224 e. The Hall–Kier alpha value is -0.280. The predicted octanol–water partition coefficient (Wildman–Crippen LogP) is 1.71. The summed E-state index contributed by atoms with van der Waals surface area (Å²) in [5.74, 6) is 0.351. The molecule has 0 spiro atoms. The Labute approximate surface area is 98.2 Å². The zero-order valence-corrected chi connectivity index (χ0v) is 10.8. The summed E-state index contributed by atoms with van der Waals surface area (Å²) >= 11 is 5.59. The summed E-state index contributed by atoms with van der Waals surface area (Å²) < 4.78 is 0. The lowest BCUT2D eigenvalue weighted by atomic mass is 10.2. The van der Waals surface area contributed by atoms with Gasteiger partial charge >= 0.3 is 0 Å². The first kappa shape index (κ1) is 14.7. The van der Waals surface area contributed by atoms with Crippen molar-refractivity contribution >= 4 is 17.5 Å². The average Bonchev–Trinajstić information content (AvgIpc) is 2.26. The molecule has 1 atom stereocenters. The van der Waals surface area contributed by atoms with Crippen molar-refractivity contribution in [1.29, 1.82) is 0 Å². The van der Waals surface area contributed by atoms with Gasteiger partial charge in [-0.05, 0) is 19.5 Å². The van der Waals surface area contributed by atoms with Crippen molar-refractivity contribution in [2.45, 2.75) is 27.2 Å². The van der Waals surface area contributed by atoms with Gasteiger partial charge in [0.2, 0.25) is 5.91 Å². The molecule has 0 aliphatic carbocycles. The van der Waals surface area contributed by atoms with Gasteiger partial charge in [-0.2, -0.15) is 0 Å². The SMILES string of the molecule is CCCN(CC)CCNC(=O)C(C)CCl. The van der Waals surface area contributed by atoms with E-state index in [1.165, 1.54) is 0 Å². The van der Waals surface area contributed by atoms with Gasteiger partial charge in [0.25, 0.3) is 0 Å². The van der Waals surface area contributed by atoms with Crippen molar-refractivity contribution in [3.63, 3.8) is 0 Å². The van der Waals surface area contributed by atoms with E-state index in [0.29, 0.717) is 12.4 Å². The number of alkyl halides is 1. The second kappa shape index (κ2) is 8.98. The van der Waals surface area contributed by atoms with Crippen molar-refractivity contribution < 1.29 is 4.79 Å². The van der Waals surface area contributed by atoms with Crippen LogP contribution in [0.1, 0.15) is 27.2 Å². The predicted molar refractivity (Wildman–Crippen MR) is 65.3 cm³/mol. The van der Waals surface area contributed by atoms with Gasteiger partial charge in [-0.15, -0.1) is 11.6 Å². The summed E-state index contributed by atoms with van der Waals surface area (Å²) in [6.45, 7) is 9.91. The molecule has 0 radical (unpaired) electrons. The fraction of sp³-hybridized carbons (Fsp3) is 0.909. The number of nitrogens with one attached hydrogen (secondary N) is 1. The Bertz CT molecular complexity index is 176. The number of likely N-dealkylation sites (N-methyl/N-ethyl adjacent to an activating group) is 1. The number of amides is 1. The van der Waals surface area contributed by atoms with Crippen LogP contribution in [0.2, 0.25) is 0 Å². The third-order valence-electron chi connectivity index (χ3n) is 2.39. The van der Waals surface area contributed by atoms with Crippen molar-refractivity contribution in [2.24, 2.45) is 5.92 Å². The highest BCUT2D eigenvalue weighted by Gasteiger charge is 2.10. The maximum atomic E-state index is 11.4. The van der Waals surface area contributed by atoms with Crippen LogP contribution in [0.25, 0.3) is 0 Å². The van der Waals surface area contributed by atoms with E-state index in [1.54, 1.807) is 0 Å². The highest BCUT2D eigenvalue weighted by Crippen LogP contribution is 1.97. The van der Waals surface area contributed by atoms with E-state index in [0.717, 1.165) is 26.1 Å². The van der Waals surface area contributed by atoms with Crippen LogP contribution in [0.15, 0.2) is 0 Å². The van der Waals surface area contributed by atoms with Gasteiger partial charge in [0.15, 0.2) is 0 Å². The number of rotatable bonds is 8. The highest BCUT2D eigenvalue weighted by atomic mass is 35.5. The van der Waals surface area contributed by atoms with Crippen LogP contribution in [0, 0.1) is 5.92 Å². The van der Waals surface area contributed by atoms with Crippen LogP contribution in [0.3, 0.4) is 0 Å². The third kappa shape index (κ3) is 6.74. The first-order chi connectivity index (χ1) is 7.15. The van der Waals surface area contributed by atoms with Crippen LogP contribution in [0.4, 0.5) is 0 Å². The molecule has 0 saturated heterocycles. The molecule has 0 rings (SSSR count). The molecule has 90 valence electrons. The van der Waals surface area contributed by atoms with Crippen LogP contribution in [0.5, 0.6) is 0 Å². The number of carbonyl (C=O) groups excluding carboxylic acids is 1. The minimum Gasteiger partial charge on any atom is -0.355 e. The van der Waals surface area contributed by atoms with E-state index in [-0.39, 0.29) is 11.8 Å². The van der Waals surface area contributed by atoms with Gasteiger partial charge in [0.05, 0.1) is 0 Å². The van der Waals surface area contributed by atoms with Crippen LogP contribution >= 0.6 is 11.6 Å². The third-order valence-corrected chi connectivity index (χ3v) is 2.86. The largest absolute Gasteiger partial charge is 0.355 e. The van der Waals surface area contributed by atoms with Crippen molar-refractivity contribution in [3.05, 3.63) is 0 Å². The molecular formula is C11H23ClN2O. The molecule has 0 heterocycles. The number of nitrogens with zero attached hydrogens (tertiary/aromatic N) is 1. The number of hydrogen-bond donors (Lipinski definition) is 1. The molecule has 15 heavy (non-hydrogen) atoms. The zero-order valence-electron chi connectivity index (χ0n) is 10.1. The lowest BCUT2D eigenvalue weighted by Crippen LogP contribution is -2.37. The monoisotopic (exact) mass is 234 g/mol. The Morgan fingerprint density at radius 2 is 2.07 bits per heavy atom. The van der Waals surface area contributed by atoms with Gasteiger partial charge in [0.1, 0.15) is 0 Å². The average molecular weight is 235 g/mol. The fourth-order valence-electron chi connectivity index (χ4n) is 1.33. The minimum absolute atomic E-state index is 0.0533. The summed E-state index contributed by atoms with van der Waals surface area (Å²) in [7, 11) is 0. The molecule has 3 nitrogen and oxygen atoms in total. The lowest BCUT2D eigenvalue weighted by Gasteiger charge is -2.20. The first-order valence-electron chi connectivity index (χ1n) is 5.71. The Kier molecular flexibility index (Phi) is 8.82. The molecule has 0 fully saturated rings. The molecule has 0 saturated carbocycles. The second-order valence-electron chi connectivity index (χ2n) is 3.78. The van der Waals surface area contributed by atoms with E-state index >= 15 is 0 Å². The van der Waals surface area contributed by atoms with Crippen molar-refractivity contribution in [3.8, 4) is 0 Å². The van der Waals surface area contributed by atoms with E-state index in [9.17, 15) is 4.79 Å². The summed E-state index contributed by atoms with van der Waals surface area (Å²) in [6, 6.07) is 0. The maximum absolute atomic E-state index is 11.4. The van der Waals surface area contributed by atoms with Gasteiger partial charge in [-0.3, -0.25) is 4.79 Å². The Morgan fingerprint density at radius 1 is 1.40 bits per heavy atom. The van der Waals surface area contributed by atoms with Gasteiger partial charge in [0, 0.05) is 24.9 Å². The van der Waals surface area contributed by atoms with Gasteiger partial charge in [-0.1, -0.05) is 20.8 Å².